The summed E-state index contributed by atoms with van der Waals surface area (Å²) in [6.45, 7) is 3.46. The molecule has 2 amide bonds. The second-order valence-electron chi connectivity index (χ2n) is 5.58. The minimum atomic E-state index is -0.467. The average molecular weight is 302 g/mol. The van der Waals surface area contributed by atoms with Gasteiger partial charge in [0.2, 0.25) is 11.8 Å². The number of hydrogen-bond acceptors (Lipinski definition) is 3. The molecule has 1 heterocycles. The maximum Gasteiger partial charge on any atom is 0.249 e. The molecule has 2 rings (SSSR count). The molecule has 0 radical (unpaired) electrons. The van der Waals surface area contributed by atoms with E-state index < -0.39 is 5.91 Å². The lowest BCUT2D eigenvalue weighted by Crippen LogP contribution is -2.37. The molecule has 0 fully saturated rings. The third kappa shape index (κ3) is 4.43. The summed E-state index contributed by atoms with van der Waals surface area (Å²) in [4.78, 5) is 25.3. The first kappa shape index (κ1) is 16.2. The molecule has 0 saturated carbocycles. The first-order chi connectivity index (χ1) is 10.6. The number of carbonyl (C=O) groups is 2. The zero-order valence-electron chi connectivity index (χ0n) is 12.8. The summed E-state index contributed by atoms with van der Waals surface area (Å²) >= 11 is 0. The Balaban J connectivity index is 1.87. The highest BCUT2D eigenvalue weighted by molar-refractivity contribution is 5.94. The van der Waals surface area contributed by atoms with Crippen molar-refractivity contribution in [2.45, 2.75) is 32.6 Å². The molecule has 1 aromatic rings. The largest absolute Gasteiger partial charge is 0.338 e. The van der Waals surface area contributed by atoms with Gasteiger partial charge >= 0.3 is 0 Å². The van der Waals surface area contributed by atoms with E-state index in [0.29, 0.717) is 18.5 Å². The summed E-state index contributed by atoms with van der Waals surface area (Å²) in [5.41, 5.74) is 4.70. The zero-order valence-corrected chi connectivity index (χ0v) is 12.8. The molecule has 5 heteroatoms. The summed E-state index contributed by atoms with van der Waals surface area (Å²) in [6, 6.07) is 8.33. The summed E-state index contributed by atoms with van der Waals surface area (Å²) in [7, 11) is 0. The Hall–Kier alpha value is -2.14. The highest BCUT2D eigenvalue weighted by Gasteiger charge is 2.21. The van der Waals surface area contributed by atoms with Crippen molar-refractivity contribution in [1.29, 1.82) is 0 Å². The van der Waals surface area contributed by atoms with Crippen LogP contribution in [0.2, 0.25) is 0 Å². The molecule has 0 bridgehead atoms. The van der Waals surface area contributed by atoms with Crippen molar-refractivity contribution >= 4 is 11.8 Å². The summed E-state index contributed by atoms with van der Waals surface area (Å²) in [6.07, 6.45) is 4.04. The smallest absolute Gasteiger partial charge is 0.249 e. The lowest BCUT2D eigenvalue weighted by atomic mass is 10.0. The van der Waals surface area contributed by atoms with Crippen LogP contribution in [0.25, 0.3) is 0 Å². The zero-order chi connectivity index (χ0) is 15.9. The van der Waals surface area contributed by atoms with E-state index in [2.05, 4.69) is 31.2 Å². The van der Waals surface area contributed by atoms with Gasteiger partial charge in [0.25, 0.3) is 0 Å². The van der Waals surface area contributed by atoms with Crippen LogP contribution in [-0.2, 0) is 16.0 Å². The Labute approximate surface area is 130 Å². The van der Waals surface area contributed by atoms with Gasteiger partial charge in [0, 0.05) is 25.1 Å². The topological polar surface area (TPSA) is 69.6 Å². The number of aryl methyl sites for hydroxylation is 1. The minimum absolute atomic E-state index is 0.00380. The maximum atomic E-state index is 12.4. The molecule has 1 aliphatic heterocycles. The predicted molar refractivity (Wildman–Crippen MR) is 83.3 cm³/mol. The van der Waals surface area contributed by atoms with Crippen LogP contribution < -0.4 is 5.48 Å². The normalized spacial score (nSPS) is 14.7. The number of amides is 2. The van der Waals surface area contributed by atoms with Gasteiger partial charge in [0.1, 0.15) is 0 Å². The molecule has 1 aliphatic rings. The number of hydrogen-bond donors (Lipinski definition) is 2. The lowest BCUT2D eigenvalue weighted by molar-refractivity contribution is -0.129. The Morgan fingerprint density at radius 1 is 1.27 bits per heavy atom. The fourth-order valence-corrected chi connectivity index (χ4v) is 2.53. The second-order valence-corrected chi connectivity index (χ2v) is 5.58. The summed E-state index contributed by atoms with van der Waals surface area (Å²) in [5, 5.41) is 8.50. The molecule has 22 heavy (non-hydrogen) atoms. The number of benzene rings is 1. The first-order valence-corrected chi connectivity index (χ1v) is 7.57. The van der Waals surface area contributed by atoms with Gasteiger partial charge in [-0.15, -0.1) is 0 Å². The molecular formula is C17H22N2O3. The van der Waals surface area contributed by atoms with Crippen molar-refractivity contribution in [3.8, 4) is 0 Å². The van der Waals surface area contributed by atoms with Crippen LogP contribution in [0.15, 0.2) is 35.9 Å². The van der Waals surface area contributed by atoms with Crippen LogP contribution in [0.1, 0.15) is 30.4 Å². The Morgan fingerprint density at radius 3 is 2.68 bits per heavy atom. The number of carbonyl (C=O) groups excluding carboxylic acids is 2. The molecule has 0 atom stereocenters. The van der Waals surface area contributed by atoms with E-state index in [1.165, 1.54) is 11.1 Å². The van der Waals surface area contributed by atoms with Crippen molar-refractivity contribution < 1.29 is 14.8 Å². The number of nitrogens with zero attached hydrogens (tertiary/aromatic N) is 1. The molecule has 5 nitrogen and oxygen atoms in total. The van der Waals surface area contributed by atoms with Crippen molar-refractivity contribution in [2.75, 3.05) is 13.1 Å². The van der Waals surface area contributed by atoms with Crippen LogP contribution in [-0.4, -0.2) is 35.0 Å². The molecular weight excluding hydrogens is 280 g/mol. The van der Waals surface area contributed by atoms with Crippen molar-refractivity contribution in [1.82, 2.24) is 10.4 Å². The van der Waals surface area contributed by atoms with Crippen molar-refractivity contribution in [3.05, 3.63) is 47.0 Å². The number of hydroxylamine groups is 1. The molecule has 0 aromatic heterocycles. The van der Waals surface area contributed by atoms with Gasteiger partial charge in [-0.1, -0.05) is 35.9 Å². The fraction of sp³-hybridized carbons (Fsp3) is 0.412. The number of rotatable bonds is 6. The SMILES string of the molecule is Cc1ccc(CCN2CCC=C(CCC(=O)NO)C2=O)cc1. The highest BCUT2D eigenvalue weighted by Crippen LogP contribution is 2.17. The molecule has 0 unspecified atom stereocenters. The molecule has 118 valence electrons. The Morgan fingerprint density at radius 2 is 2.00 bits per heavy atom. The molecule has 1 aromatic carbocycles. The average Bonchev–Trinajstić information content (AvgIpc) is 2.54. The minimum Gasteiger partial charge on any atom is -0.338 e. The van der Waals surface area contributed by atoms with Crippen molar-refractivity contribution in [2.24, 2.45) is 0 Å². The second kappa shape index (κ2) is 7.75. The van der Waals surface area contributed by atoms with Crippen molar-refractivity contribution in [3.63, 3.8) is 0 Å². The Bertz CT molecular complexity index is 564. The van der Waals surface area contributed by atoms with E-state index in [0.717, 1.165) is 19.4 Å². The maximum absolute atomic E-state index is 12.4. The van der Waals surface area contributed by atoms with Gasteiger partial charge in [0.05, 0.1) is 0 Å². The third-order valence-electron chi connectivity index (χ3n) is 3.89. The quantitative estimate of drug-likeness (QED) is 0.623. The van der Waals surface area contributed by atoms with Gasteiger partial charge in [-0.25, -0.2) is 5.48 Å². The van der Waals surface area contributed by atoms with E-state index >= 15 is 0 Å². The van der Waals surface area contributed by atoms with Gasteiger partial charge < -0.3 is 4.90 Å². The standard InChI is InChI=1S/C17H22N2O3/c1-13-4-6-14(7-5-13)10-12-19-11-2-3-15(17(19)21)8-9-16(20)18-22/h3-7,22H,2,8-12H2,1H3,(H,18,20). The van der Waals surface area contributed by atoms with E-state index in [9.17, 15) is 9.59 Å². The Kier molecular flexibility index (Phi) is 5.72. The van der Waals surface area contributed by atoms with Gasteiger partial charge in [0.15, 0.2) is 0 Å². The third-order valence-corrected chi connectivity index (χ3v) is 3.89. The van der Waals surface area contributed by atoms with Crippen LogP contribution in [0.5, 0.6) is 0 Å². The van der Waals surface area contributed by atoms with E-state index in [1.807, 2.05) is 11.0 Å². The molecule has 0 spiro atoms. The summed E-state index contributed by atoms with van der Waals surface area (Å²) < 4.78 is 0. The van der Waals surface area contributed by atoms with E-state index in [-0.39, 0.29) is 12.3 Å². The van der Waals surface area contributed by atoms with Gasteiger partial charge in [-0.05, 0) is 31.7 Å². The van der Waals surface area contributed by atoms with Gasteiger partial charge in [-0.2, -0.15) is 0 Å². The molecule has 2 N–H and O–H groups in total. The van der Waals surface area contributed by atoms with Crippen LogP contribution >= 0.6 is 0 Å². The van der Waals surface area contributed by atoms with Gasteiger partial charge in [-0.3, -0.25) is 14.8 Å². The molecule has 0 saturated heterocycles. The fourth-order valence-electron chi connectivity index (χ4n) is 2.53. The monoisotopic (exact) mass is 302 g/mol. The predicted octanol–water partition coefficient (Wildman–Crippen LogP) is 1.98. The van der Waals surface area contributed by atoms with E-state index in [1.54, 1.807) is 5.48 Å². The van der Waals surface area contributed by atoms with Crippen LogP contribution in [0.3, 0.4) is 0 Å². The van der Waals surface area contributed by atoms with Crippen LogP contribution in [0.4, 0.5) is 0 Å². The summed E-state index contributed by atoms with van der Waals surface area (Å²) in [5.74, 6) is -0.463. The van der Waals surface area contributed by atoms with Crippen LogP contribution in [0, 0.1) is 6.92 Å². The highest BCUT2D eigenvalue weighted by atomic mass is 16.5. The van der Waals surface area contributed by atoms with E-state index in [4.69, 9.17) is 5.21 Å². The molecule has 0 aliphatic carbocycles. The number of nitrogens with one attached hydrogen (secondary N) is 1. The first-order valence-electron chi connectivity index (χ1n) is 7.57. The lowest BCUT2D eigenvalue weighted by Gasteiger charge is -2.27.